The first-order valence-electron chi connectivity index (χ1n) is 10.1. The molecule has 30 heavy (non-hydrogen) atoms. The molecule has 1 saturated carbocycles. The number of hydrogen-bond acceptors (Lipinski definition) is 4. The van der Waals surface area contributed by atoms with Crippen LogP contribution in [0.25, 0.3) is 0 Å². The predicted octanol–water partition coefficient (Wildman–Crippen LogP) is 5.10. The minimum absolute atomic E-state index is 0.000894. The summed E-state index contributed by atoms with van der Waals surface area (Å²) in [6, 6.07) is 11.4. The van der Waals surface area contributed by atoms with Crippen LogP contribution < -0.4 is 14.8 Å². The van der Waals surface area contributed by atoms with Crippen LogP contribution in [-0.4, -0.2) is 26.5 Å². The summed E-state index contributed by atoms with van der Waals surface area (Å²) >= 11 is 3.38. The summed E-state index contributed by atoms with van der Waals surface area (Å²) in [5, 5.41) is 2.80. The van der Waals surface area contributed by atoms with Gasteiger partial charge in [0.1, 0.15) is 5.75 Å². The van der Waals surface area contributed by atoms with Gasteiger partial charge in [-0.05, 0) is 69.2 Å². The molecule has 1 aliphatic rings. The molecule has 2 aromatic rings. The quantitative estimate of drug-likeness (QED) is 0.560. The zero-order valence-corrected chi connectivity index (χ0v) is 19.6. The Kier molecular flexibility index (Phi) is 7.55. The van der Waals surface area contributed by atoms with Crippen LogP contribution in [0.15, 0.2) is 51.8 Å². The van der Waals surface area contributed by atoms with Crippen LogP contribution in [0.2, 0.25) is 0 Å². The maximum absolute atomic E-state index is 12.8. The molecule has 0 aliphatic heterocycles. The summed E-state index contributed by atoms with van der Waals surface area (Å²) in [5.74, 6) is 0.157. The molecule has 2 aromatic carbocycles. The summed E-state index contributed by atoms with van der Waals surface area (Å²) in [5.41, 5.74) is 0.904. The van der Waals surface area contributed by atoms with Gasteiger partial charge in [-0.3, -0.25) is 4.79 Å². The lowest BCUT2D eigenvalue weighted by Gasteiger charge is -2.22. The van der Waals surface area contributed by atoms with Gasteiger partial charge in [0.05, 0.1) is 16.6 Å². The number of amides is 1. The van der Waals surface area contributed by atoms with Crippen LogP contribution >= 0.6 is 15.9 Å². The van der Waals surface area contributed by atoms with Crippen molar-refractivity contribution in [2.75, 3.05) is 5.32 Å². The molecule has 2 N–H and O–H groups in total. The Labute approximate surface area is 186 Å². The van der Waals surface area contributed by atoms with E-state index in [4.69, 9.17) is 4.74 Å². The summed E-state index contributed by atoms with van der Waals surface area (Å²) in [6.07, 6.45) is 4.95. The number of anilines is 1. The minimum Gasteiger partial charge on any atom is -0.490 e. The fraction of sp³-hybridized carbons (Fsp3) is 0.409. The molecule has 0 heterocycles. The second-order valence-electron chi connectivity index (χ2n) is 7.74. The number of sulfonamides is 1. The van der Waals surface area contributed by atoms with Gasteiger partial charge >= 0.3 is 0 Å². The highest BCUT2D eigenvalue weighted by Gasteiger charge is 2.22. The molecule has 1 aliphatic carbocycles. The second kappa shape index (κ2) is 9.94. The minimum atomic E-state index is -3.57. The van der Waals surface area contributed by atoms with Crippen LogP contribution in [0.5, 0.6) is 5.75 Å². The first kappa shape index (κ1) is 22.8. The van der Waals surface area contributed by atoms with Crippen LogP contribution in [0.1, 0.15) is 56.3 Å². The van der Waals surface area contributed by atoms with Gasteiger partial charge in [-0.1, -0.05) is 35.2 Å². The molecule has 0 radical (unpaired) electrons. The average Bonchev–Trinajstić information content (AvgIpc) is 2.70. The van der Waals surface area contributed by atoms with Crippen molar-refractivity contribution in [3.63, 3.8) is 0 Å². The average molecular weight is 495 g/mol. The van der Waals surface area contributed by atoms with E-state index < -0.39 is 10.0 Å². The zero-order valence-electron chi connectivity index (χ0n) is 17.2. The molecule has 1 fully saturated rings. The molecule has 162 valence electrons. The second-order valence-corrected chi connectivity index (χ2v) is 10.4. The zero-order chi connectivity index (χ0) is 21.7. The van der Waals surface area contributed by atoms with E-state index in [-0.39, 0.29) is 22.9 Å². The van der Waals surface area contributed by atoms with E-state index in [0.29, 0.717) is 17.0 Å². The van der Waals surface area contributed by atoms with E-state index in [1.807, 2.05) is 19.9 Å². The van der Waals surface area contributed by atoms with Gasteiger partial charge in [-0.25, -0.2) is 13.1 Å². The SMILES string of the molecule is CC(C)Oc1ccc(Br)cc1C(=O)Nc1ccc(S(=O)(=O)NC2CCCCC2)cc1. The molecule has 3 rings (SSSR count). The monoisotopic (exact) mass is 494 g/mol. The molecular formula is C22H27BrN2O4S. The molecule has 0 spiro atoms. The number of nitrogens with one attached hydrogen (secondary N) is 2. The van der Waals surface area contributed by atoms with Crippen molar-refractivity contribution < 1.29 is 17.9 Å². The van der Waals surface area contributed by atoms with E-state index in [2.05, 4.69) is 26.0 Å². The molecule has 8 heteroatoms. The van der Waals surface area contributed by atoms with Crippen molar-refractivity contribution in [2.24, 2.45) is 0 Å². The van der Waals surface area contributed by atoms with Crippen molar-refractivity contribution in [1.29, 1.82) is 0 Å². The van der Waals surface area contributed by atoms with Crippen LogP contribution in [0.3, 0.4) is 0 Å². The van der Waals surface area contributed by atoms with Crippen molar-refractivity contribution in [1.82, 2.24) is 4.72 Å². The summed E-state index contributed by atoms with van der Waals surface area (Å²) in [7, 11) is -3.57. The van der Waals surface area contributed by atoms with Gasteiger partial charge in [-0.2, -0.15) is 0 Å². The van der Waals surface area contributed by atoms with E-state index in [0.717, 1.165) is 36.6 Å². The standard InChI is InChI=1S/C22H27BrN2O4S/c1-15(2)29-21-13-8-16(23)14-20(21)22(26)24-17-9-11-19(12-10-17)30(27,28)25-18-6-4-3-5-7-18/h8-15,18,25H,3-7H2,1-2H3,(H,24,26). The Morgan fingerprint density at radius 2 is 1.73 bits per heavy atom. The summed E-state index contributed by atoms with van der Waals surface area (Å²) in [4.78, 5) is 13.0. The lowest BCUT2D eigenvalue weighted by molar-refractivity contribution is 0.102. The van der Waals surface area contributed by atoms with Gasteiger partial charge in [-0.15, -0.1) is 0 Å². The smallest absolute Gasteiger partial charge is 0.259 e. The highest BCUT2D eigenvalue weighted by molar-refractivity contribution is 9.10. The topological polar surface area (TPSA) is 84.5 Å². The molecule has 0 bridgehead atoms. The maximum Gasteiger partial charge on any atom is 0.259 e. The Morgan fingerprint density at radius 1 is 1.07 bits per heavy atom. The van der Waals surface area contributed by atoms with Gasteiger partial charge in [0, 0.05) is 16.2 Å². The third kappa shape index (κ3) is 6.06. The maximum atomic E-state index is 12.8. The van der Waals surface area contributed by atoms with E-state index in [9.17, 15) is 13.2 Å². The lowest BCUT2D eigenvalue weighted by Crippen LogP contribution is -2.36. The largest absolute Gasteiger partial charge is 0.490 e. The number of benzene rings is 2. The number of carbonyl (C=O) groups excluding carboxylic acids is 1. The van der Waals surface area contributed by atoms with Crippen molar-refractivity contribution in [2.45, 2.75) is 63.0 Å². The normalized spacial score (nSPS) is 15.2. The van der Waals surface area contributed by atoms with E-state index in [1.165, 1.54) is 12.1 Å². The van der Waals surface area contributed by atoms with E-state index in [1.54, 1.807) is 24.3 Å². The molecule has 6 nitrogen and oxygen atoms in total. The fourth-order valence-electron chi connectivity index (χ4n) is 3.46. The molecule has 1 amide bonds. The third-order valence-corrected chi connectivity index (χ3v) is 6.93. The molecule has 0 saturated heterocycles. The predicted molar refractivity (Wildman–Crippen MR) is 121 cm³/mol. The van der Waals surface area contributed by atoms with Gasteiger partial charge < -0.3 is 10.1 Å². The number of rotatable bonds is 7. The lowest BCUT2D eigenvalue weighted by atomic mass is 9.96. The number of hydrogen-bond donors (Lipinski definition) is 2. The van der Waals surface area contributed by atoms with Crippen LogP contribution in [0, 0.1) is 0 Å². The van der Waals surface area contributed by atoms with Crippen molar-refractivity contribution in [3.05, 3.63) is 52.5 Å². The number of ether oxygens (including phenoxy) is 1. The van der Waals surface area contributed by atoms with Crippen molar-refractivity contribution >= 4 is 37.5 Å². The van der Waals surface area contributed by atoms with Crippen molar-refractivity contribution in [3.8, 4) is 5.75 Å². The first-order valence-corrected chi connectivity index (χ1v) is 12.4. The van der Waals surface area contributed by atoms with Gasteiger partial charge in [0.2, 0.25) is 10.0 Å². The molecular weight excluding hydrogens is 468 g/mol. The van der Waals surface area contributed by atoms with Crippen LogP contribution in [-0.2, 0) is 10.0 Å². The highest BCUT2D eigenvalue weighted by atomic mass is 79.9. The Bertz CT molecular complexity index is 985. The Morgan fingerprint density at radius 3 is 2.37 bits per heavy atom. The summed E-state index contributed by atoms with van der Waals surface area (Å²) < 4.78 is 34.5. The summed E-state index contributed by atoms with van der Waals surface area (Å²) in [6.45, 7) is 3.79. The molecule has 0 aromatic heterocycles. The first-order chi connectivity index (χ1) is 14.2. The fourth-order valence-corrected chi connectivity index (χ4v) is 5.13. The van der Waals surface area contributed by atoms with Gasteiger partial charge in [0.15, 0.2) is 0 Å². The van der Waals surface area contributed by atoms with E-state index >= 15 is 0 Å². The molecule has 0 atom stereocenters. The van der Waals surface area contributed by atoms with Gasteiger partial charge in [0.25, 0.3) is 5.91 Å². The molecule has 0 unspecified atom stereocenters. The number of carbonyl (C=O) groups is 1. The highest BCUT2D eigenvalue weighted by Crippen LogP contribution is 2.26. The Hall–Kier alpha value is -1.90. The third-order valence-electron chi connectivity index (χ3n) is 4.90. The van der Waals surface area contributed by atoms with Crippen LogP contribution in [0.4, 0.5) is 5.69 Å². The Balaban J connectivity index is 1.71. The number of halogens is 1.